The largest absolute Gasteiger partial charge is 0.300 e. The van der Waals surface area contributed by atoms with Crippen molar-refractivity contribution < 1.29 is 4.79 Å². The third-order valence-electron chi connectivity index (χ3n) is 2.72. The molecule has 1 unspecified atom stereocenters. The third-order valence-corrected chi connectivity index (χ3v) is 2.72. The number of rotatable bonds is 2. The molecule has 0 aliphatic heterocycles. The van der Waals surface area contributed by atoms with Gasteiger partial charge in [-0.1, -0.05) is 13.0 Å². The van der Waals surface area contributed by atoms with Crippen LogP contribution in [0, 0.1) is 11.3 Å². The van der Waals surface area contributed by atoms with Crippen LogP contribution in [0.3, 0.4) is 0 Å². The minimum Gasteiger partial charge on any atom is -0.300 e. The summed E-state index contributed by atoms with van der Waals surface area (Å²) in [7, 11) is 0. The number of allylic oxidation sites excluding steroid dienone is 1. The Morgan fingerprint density at radius 2 is 2.40 bits per heavy atom. The second-order valence-electron chi connectivity index (χ2n) is 3.41. The summed E-state index contributed by atoms with van der Waals surface area (Å²) in [5, 5.41) is 0. The van der Waals surface area contributed by atoms with E-state index in [1.165, 1.54) is 0 Å². The van der Waals surface area contributed by atoms with Crippen molar-refractivity contribution in [2.45, 2.75) is 26.7 Å². The number of hydrogen-bond acceptors (Lipinski definition) is 1. The first-order valence-corrected chi connectivity index (χ1v) is 3.74. The lowest BCUT2D eigenvalue weighted by atomic mass is 9.60. The standard InChI is InChI=1S/C9H14O/c1-4-9(3)6-5-8(9)7(2)10/h4,8H,1,5-6H2,2-3H3/t8?,9-/m1/s1. The number of carbonyl (C=O) groups excluding carboxylic acids is 1. The number of Topliss-reactive ketones (excluding diaryl/α,β-unsaturated/α-hetero) is 1. The summed E-state index contributed by atoms with van der Waals surface area (Å²) in [4.78, 5) is 11.0. The van der Waals surface area contributed by atoms with Gasteiger partial charge in [0, 0.05) is 5.92 Å². The number of hydrogen-bond donors (Lipinski definition) is 0. The Balaban J connectivity index is 2.66. The minimum absolute atomic E-state index is 0.117. The molecule has 0 saturated heterocycles. The van der Waals surface area contributed by atoms with Crippen LogP contribution in [0.25, 0.3) is 0 Å². The predicted octanol–water partition coefficient (Wildman–Crippen LogP) is 2.18. The monoisotopic (exact) mass is 138 g/mol. The smallest absolute Gasteiger partial charge is 0.133 e. The molecule has 0 bridgehead atoms. The molecule has 2 atom stereocenters. The van der Waals surface area contributed by atoms with Gasteiger partial charge >= 0.3 is 0 Å². The molecule has 0 amide bonds. The molecule has 0 spiro atoms. The van der Waals surface area contributed by atoms with Gasteiger partial charge < -0.3 is 0 Å². The van der Waals surface area contributed by atoms with Crippen LogP contribution in [0.2, 0.25) is 0 Å². The Morgan fingerprint density at radius 1 is 1.80 bits per heavy atom. The Bertz CT molecular complexity index is 172. The van der Waals surface area contributed by atoms with Crippen LogP contribution in [0.5, 0.6) is 0 Å². The average Bonchev–Trinajstić information content (AvgIpc) is 1.83. The van der Waals surface area contributed by atoms with Gasteiger partial charge in [-0.3, -0.25) is 4.79 Å². The van der Waals surface area contributed by atoms with Gasteiger partial charge in [-0.15, -0.1) is 6.58 Å². The summed E-state index contributed by atoms with van der Waals surface area (Å²) in [6, 6.07) is 0. The van der Waals surface area contributed by atoms with Crippen molar-refractivity contribution in [3.05, 3.63) is 12.7 Å². The molecule has 0 heterocycles. The summed E-state index contributed by atoms with van der Waals surface area (Å²) >= 11 is 0. The van der Waals surface area contributed by atoms with Crippen LogP contribution < -0.4 is 0 Å². The van der Waals surface area contributed by atoms with Crippen LogP contribution in [-0.2, 0) is 4.79 Å². The fourth-order valence-electron chi connectivity index (χ4n) is 1.66. The maximum atomic E-state index is 11.0. The fourth-order valence-corrected chi connectivity index (χ4v) is 1.66. The Kier molecular flexibility index (Phi) is 1.67. The summed E-state index contributed by atoms with van der Waals surface area (Å²) in [6.45, 7) is 7.51. The molecular weight excluding hydrogens is 124 g/mol. The molecule has 56 valence electrons. The molecule has 1 heteroatoms. The molecule has 0 aromatic rings. The van der Waals surface area contributed by atoms with Crippen molar-refractivity contribution in [3.8, 4) is 0 Å². The lowest BCUT2D eigenvalue weighted by Gasteiger charge is -2.43. The maximum Gasteiger partial charge on any atom is 0.133 e. The molecule has 1 rings (SSSR count). The van der Waals surface area contributed by atoms with E-state index in [-0.39, 0.29) is 11.3 Å². The van der Waals surface area contributed by atoms with Gasteiger partial charge in [0.2, 0.25) is 0 Å². The van der Waals surface area contributed by atoms with Crippen LogP contribution in [0.4, 0.5) is 0 Å². The molecule has 1 saturated carbocycles. The molecule has 0 aromatic heterocycles. The van der Waals surface area contributed by atoms with Crippen molar-refractivity contribution in [2.75, 3.05) is 0 Å². The van der Waals surface area contributed by atoms with Gasteiger partial charge in [-0.05, 0) is 25.2 Å². The Hall–Kier alpha value is -0.590. The zero-order valence-corrected chi connectivity index (χ0v) is 6.68. The van der Waals surface area contributed by atoms with E-state index in [2.05, 4.69) is 13.5 Å². The number of carbonyl (C=O) groups is 1. The molecule has 0 aromatic carbocycles. The first-order chi connectivity index (χ1) is 4.60. The molecule has 1 fully saturated rings. The van der Waals surface area contributed by atoms with E-state index in [1.54, 1.807) is 6.92 Å². The molecule has 1 nitrogen and oxygen atoms in total. The van der Waals surface area contributed by atoms with E-state index in [9.17, 15) is 4.79 Å². The van der Waals surface area contributed by atoms with Crippen molar-refractivity contribution in [1.29, 1.82) is 0 Å². The SMILES string of the molecule is C=C[C@]1(C)CCC1C(C)=O. The maximum absolute atomic E-state index is 11.0. The highest BCUT2D eigenvalue weighted by Gasteiger charge is 2.42. The van der Waals surface area contributed by atoms with Gasteiger partial charge in [0.15, 0.2) is 0 Å². The van der Waals surface area contributed by atoms with Crippen molar-refractivity contribution in [3.63, 3.8) is 0 Å². The second-order valence-corrected chi connectivity index (χ2v) is 3.41. The highest BCUT2D eigenvalue weighted by Crippen LogP contribution is 2.47. The van der Waals surface area contributed by atoms with Gasteiger partial charge in [0.25, 0.3) is 0 Å². The highest BCUT2D eigenvalue weighted by molar-refractivity contribution is 5.80. The predicted molar refractivity (Wildman–Crippen MR) is 41.7 cm³/mol. The Morgan fingerprint density at radius 3 is 2.50 bits per heavy atom. The van der Waals surface area contributed by atoms with Gasteiger partial charge in [0.1, 0.15) is 5.78 Å². The summed E-state index contributed by atoms with van der Waals surface area (Å²) in [6.07, 6.45) is 4.10. The molecule has 0 N–H and O–H groups in total. The third kappa shape index (κ3) is 0.898. The lowest BCUT2D eigenvalue weighted by molar-refractivity contribution is -0.128. The van der Waals surface area contributed by atoms with E-state index in [0.717, 1.165) is 12.8 Å². The first kappa shape index (κ1) is 7.52. The Labute approximate surface area is 62.1 Å². The van der Waals surface area contributed by atoms with Gasteiger partial charge in [-0.25, -0.2) is 0 Å². The van der Waals surface area contributed by atoms with Crippen molar-refractivity contribution >= 4 is 5.78 Å². The topological polar surface area (TPSA) is 17.1 Å². The second kappa shape index (κ2) is 2.22. The zero-order chi connectivity index (χ0) is 7.78. The van der Waals surface area contributed by atoms with Crippen molar-refractivity contribution in [2.24, 2.45) is 11.3 Å². The summed E-state index contributed by atoms with van der Waals surface area (Å²) < 4.78 is 0. The lowest BCUT2D eigenvalue weighted by Crippen LogP contribution is -2.39. The average molecular weight is 138 g/mol. The van der Waals surface area contributed by atoms with Crippen molar-refractivity contribution in [1.82, 2.24) is 0 Å². The number of ketones is 1. The first-order valence-electron chi connectivity index (χ1n) is 3.74. The zero-order valence-electron chi connectivity index (χ0n) is 6.68. The quantitative estimate of drug-likeness (QED) is 0.534. The van der Waals surface area contributed by atoms with Crippen LogP contribution >= 0.6 is 0 Å². The van der Waals surface area contributed by atoms with E-state index in [4.69, 9.17) is 0 Å². The van der Waals surface area contributed by atoms with E-state index in [0.29, 0.717) is 5.78 Å². The normalized spacial score (nSPS) is 38.4. The highest BCUT2D eigenvalue weighted by atomic mass is 16.1. The van der Waals surface area contributed by atoms with Crippen LogP contribution in [0.1, 0.15) is 26.7 Å². The molecule has 0 radical (unpaired) electrons. The molecule has 1 aliphatic carbocycles. The molecule has 1 aliphatic rings. The van der Waals surface area contributed by atoms with E-state index < -0.39 is 0 Å². The van der Waals surface area contributed by atoms with Gasteiger partial charge in [0.05, 0.1) is 0 Å². The molecular formula is C9H14O. The van der Waals surface area contributed by atoms with E-state index >= 15 is 0 Å². The fraction of sp³-hybridized carbons (Fsp3) is 0.667. The molecule has 10 heavy (non-hydrogen) atoms. The van der Waals surface area contributed by atoms with E-state index in [1.807, 2.05) is 6.08 Å². The van der Waals surface area contributed by atoms with Crippen LogP contribution in [-0.4, -0.2) is 5.78 Å². The minimum atomic E-state index is 0.117. The van der Waals surface area contributed by atoms with Crippen LogP contribution in [0.15, 0.2) is 12.7 Å². The summed E-state index contributed by atoms with van der Waals surface area (Å²) in [5.41, 5.74) is 0.117. The summed E-state index contributed by atoms with van der Waals surface area (Å²) in [5.74, 6) is 0.568. The van der Waals surface area contributed by atoms with Gasteiger partial charge in [-0.2, -0.15) is 0 Å².